The van der Waals surface area contributed by atoms with E-state index in [9.17, 15) is 18.0 Å². The first kappa shape index (κ1) is 26.3. The molecule has 13 heteroatoms. The zero-order valence-electron chi connectivity index (χ0n) is 18.6. The molecule has 1 aromatic carbocycles. The van der Waals surface area contributed by atoms with Gasteiger partial charge in [0.15, 0.2) is 0 Å². The summed E-state index contributed by atoms with van der Waals surface area (Å²) in [6.07, 6.45) is 1.65. The first-order valence-electron chi connectivity index (χ1n) is 10.2. The van der Waals surface area contributed by atoms with Crippen LogP contribution in [0.3, 0.4) is 0 Å². The number of methoxy groups -OCH3 is 1. The summed E-state index contributed by atoms with van der Waals surface area (Å²) in [5.74, 6) is -0.280. The summed E-state index contributed by atoms with van der Waals surface area (Å²) in [6.45, 7) is 2.77. The summed E-state index contributed by atoms with van der Waals surface area (Å²) in [6, 6.07) is 4.15. The van der Waals surface area contributed by atoms with Crippen LogP contribution in [0.15, 0.2) is 33.7 Å². The van der Waals surface area contributed by atoms with Crippen LogP contribution in [0.1, 0.15) is 25.3 Å². The Kier molecular flexibility index (Phi) is 9.78. The van der Waals surface area contributed by atoms with E-state index in [1.165, 1.54) is 30.4 Å². The number of nitrogens with zero attached hydrogens (tertiary/aromatic N) is 2. The summed E-state index contributed by atoms with van der Waals surface area (Å²) in [5.41, 5.74) is 7.09. The molecule has 0 fully saturated rings. The first-order valence-corrected chi connectivity index (χ1v) is 11.7. The molecule has 1 aliphatic heterocycles. The average Bonchev–Trinajstić information content (AvgIpc) is 2.92. The number of amidine groups is 1. The number of hydrogen-bond acceptors (Lipinski definition) is 9. The van der Waals surface area contributed by atoms with E-state index < -0.39 is 22.0 Å². The van der Waals surface area contributed by atoms with Crippen molar-refractivity contribution in [3.63, 3.8) is 0 Å². The van der Waals surface area contributed by atoms with Crippen molar-refractivity contribution in [3.8, 4) is 0 Å². The fraction of sp³-hybridized carbons (Fsp3) is 0.450. The fourth-order valence-corrected chi connectivity index (χ4v) is 3.38. The summed E-state index contributed by atoms with van der Waals surface area (Å²) >= 11 is 0. The van der Waals surface area contributed by atoms with E-state index >= 15 is 0 Å². The summed E-state index contributed by atoms with van der Waals surface area (Å²) in [5, 5.41) is 8.89. The number of hydroxylamine groups is 2. The molecule has 0 atom stereocenters. The quantitative estimate of drug-likeness (QED) is 0.303. The maximum Gasteiger partial charge on any atom is 0.407 e. The van der Waals surface area contributed by atoms with Crippen LogP contribution in [0.2, 0.25) is 0 Å². The van der Waals surface area contributed by atoms with Gasteiger partial charge >= 0.3 is 6.09 Å². The van der Waals surface area contributed by atoms with Gasteiger partial charge < -0.3 is 20.5 Å². The third-order valence-electron chi connectivity index (χ3n) is 4.36. The SMILES string of the molecule is CCCN(OCCNC(=O)OCCOC)C(=O)C1=Cc2ccc(S(N)(=O)=O)cc2N=C(N)C1. The lowest BCUT2D eigenvalue weighted by Crippen LogP contribution is -2.37. The molecule has 12 nitrogen and oxygen atoms in total. The van der Waals surface area contributed by atoms with Crippen LogP contribution in [-0.2, 0) is 29.1 Å². The Bertz CT molecular complexity index is 1020. The van der Waals surface area contributed by atoms with Crippen LogP contribution < -0.4 is 16.2 Å². The number of ether oxygens (including phenoxy) is 2. The fourth-order valence-electron chi connectivity index (χ4n) is 2.85. The van der Waals surface area contributed by atoms with Gasteiger partial charge in [0.2, 0.25) is 10.0 Å². The van der Waals surface area contributed by atoms with E-state index in [1.54, 1.807) is 6.08 Å². The molecular formula is C20H29N5O7S. The number of aliphatic imine (C=N–C) groups is 1. The number of rotatable bonds is 11. The highest BCUT2D eigenvalue weighted by Gasteiger charge is 2.23. The normalized spacial score (nSPS) is 13.3. The molecule has 2 rings (SSSR count). The van der Waals surface area contributed by atoms with Gasteiger partial charge in [0, 0.05) is 37.8 Å². The standard InChI is InChI=1S/C20H29N5O7S/c1-3-7-25(32-8-6-23-20(27)31-10-9-30-2)19(26)15-11-14-4-5-16(33(22,28)29)13-17(14)24-18(21)12-15/h4-5,11,13H,3,6-10,12H2,1-2H3,(H2,21,24)(H,23,27)(H2,22,28,29). The minimum atomic E-state index is -3.91. The lowest BCUT2D eigenvalue weighted by atomic mass is 10.1. The second-order valence-corrected chi connectivity index (χ2v) is 8.57. The molecule has 0 unspecified atom stereocenters. The Morgan fingerprint density at radius 2 is 2.00 bits per heavy atom. The van der Waals surface area contributed by atoms with Gasteiger partial charge in [0.05, 0.1) is 23.8 Å². The Balaban J connectivity index is 2.08. The minimum Gasteiger partial charge on any atom is -0.447 e. The van der Waals surface area contributed by atoms with E-state index in [0.717, 1.165) is 0 Å². The molecule has 182 valence electrons. The van der Waals surface area contributed by atoms with E-state index in [2.05, 4.69) is 10.3 Å². The number of nitrogens with one attached hydrogen (secondary N) is 1. The maximum absolute atomic E-state index is 13.1. The molecule has 1 heterocycles. The van der Waals surface area contributed by atoms with E-state index in [-0.39, 0.29) is 43.5 Å². The average molecular weight is 484 g/mol. The highest BCUT2D eigenvalue weighted by atomic mass is 32.2. The Labute approximate surface area is 192 Å². The Hall–Kier alpha value is -3.00. The zero-order valence-corrected chi connectivity index (χ0v) is 19.4. The molecule has 33 heavy (non-hydrogen) atoms. The summed E-state index contributed by atoms with van der Waals surface area (Å²) < 4.78 is 32.9. The molecule has 0 radical (unpaired) electrons. The van der Waals surface area contributed by atoms with Crippen molar-refractivity contribution in [2.24, 2.45) is 15.9 Å². The van der Waals surface area contributed by atoms with Crippen molar-refractivity contribution in [1.82, 2.24) is 10.4 Å². The van der Waals surface area contributed by atoms with Crippen LogP contribution in [0.5, 0.6) is 0 Å². The second-order valence-electron chi connectivity index (χ2n) is 7.01. The monoisotopic (exact) mass is 483 g/mol. The highest BCUT2D eigenvalue weighted by molar-refractivity contribution is 7.89. The Morgan fingerprint density at radius 1 is 1.24 bits per heavy atom. The number of sulfonamides is 1. The number of carbonyl (C=O) groups is 2. The summed E-state index contributed by atoms with van der Waals surface area (Å²) in [7, 11) is -2.42. The number of benzene rings is 1. The number of carbonyl (C=O) groups excluding carboxylic acids is 2. The van der Waals surface area contributed by atoms with Crippen LogP contribution in [0.25, 0.3) is 6.08 Å². The molecule has 0 aliphatic carbocycles. The number of primary sulfonamides is 1. The van der Waals surface area contributed by atoms with Gasteiger partial charge in [0.1, 0.15) is 12.4 Å². The van der Waals surface area contributed by atoms with Crippen molar-refractivity contribution in [2.75, 3.05) is 40.0 Å². The lowest BCUT2D eigenvalue weighted by molar-refractivity contribution is -0.181. The van der Waals surface area contributed by atoms with Crippen molar-refractivity contribution in [3.05, 3.63) is 29.3 Å². The minimum absolute atomic E-state index is 0.0380. The summed E-state index contributed by atoms with van der Waals surface area (Å²) in [4.78, 5) is 34.3. The van der Waals surface area contributed by atoms with Gasteiger partial charge in [-0.1, -0.05) is 13.0 Å². The first-order chi connectivity index (χ1) is 15.7. The van der Waals surface area contributed by atoms with Crippen LogP contribution in [-0.4, -0.2) is 71.3 Å². The maximum atomic E-state index is 13.1. The smallest absolute Gasteiger partial charge is 0.407 e. The van der Waals surface area contributed by atoms with Crippen molar-refractivity contribution < 1.29 is 32.3 Å². The molecule has 2 amide bonds. The van der Waals surface area contributed by atoms with Crippen LogP contribution in [0.4, 0.5) is 10.5 Å². The van der Waals surface area contributed by atoms with Gasteiger partial charge in [-0.2, -0.15) is 0 Å². The van der Waals surface area contributed by atoms with Crippen molar-refractivity contribution in [1.29, 1.82) is 0 Å². The number of alkyl carbamates (subject to hydrolysis) is 1. The third kappa shape index (κ3) is 8.13. The molecule has 0 aromatic heterocycles. The number of nitrogens with two attached hydrogens (primary N) is 2. The van der Waals surface area contributed by atoms with Crippen LogP contribution >= 0.6 is 0 Å². The van der Waals surface area contributed by atoms with Crippen LogP contribution in [0, 0.1) is 0 Å². The molecule has 1 aromatic rings. The number of hydrogen-bond donors (Lipinski definition) is 3. The van der Waals surface area contributed by atoms with E-state index in [0.29, 0.717) is 29.8 Å². The molecule has 0 saturated carbocycles. The van der Waals surface area contributed by atoms with Gasteiger partial charge in [-0.05, 0) is 24.6 Å². The highest BCUT2D eigenvalue weighted by Crippen LogP contribution is 2.29. The number of amides is 2. The number of fused-ring (bicyclic) bond motifs is 1. The molecule has 0 spiro atoms. The largest absolute Gasteiger partial charge is 0.447 e. The predicted octanol–water partition coefficient (Wildman–Crippen LogP) is 0.653. The molecular weight excluding hydrogens is 454 g/mol. The van der Waals surface area contributed by atoms with Gasteiger partial charge in [-0.25, -0.2) is 28.4 Å². The van der Waals surface area contributed by atoms with Crippen molar-refractivity contribution >= 4 is 39.6 Å². The molecule has 1 aliphatic rings. The van der Waals surface area contributed by atoms with Gasteiger partial charge in [-0.15, -0.1) is 0 Å². The zero-order chi connectivity index (χ0) is 24.4. The van der Waals surface area contributed by atoms with E-state index in [4.69, 9.17) is 25.2 Å². The lowest BCUT2D eigenvalue weighted by Gasteiger charge is -2.22. The van der Waals surface area contributed by atoms with Gasteiger partial charge in [-0.3, -0.25) is 9.63 Å². The Morgan fingerprint density at radius 3 is 2.67 bits per heavy atom. The van der Waals surface area contributed by atoms with E-state index in [1.807, 2.05) is 6.92 Å². The second kappa shape index (κ2) is 12.3. The molecule has 0 saturated heterocycles. The van der Waals surface area contributed by atoms with Crippen molar-refractivity contribution in [2.45, 2.75) is 24.7 Å². The topological polar surface area (TPSA) is 176 Å². The predicted molar refractivity (Wildman–Crippen MR) is 121 cm³/mol. The van der Waals surface area contributed by atoms with Gasteiger partial charge in [0.25, 0.3) is 5.91 Å². The molecule has 5 N–H and O–H groups in total. The third-order valence-corrected chi connectivity index (χ3v) is 5.27. The molecule has 0 bridgehead atoms.